The Hall–Kier alpha value is -2.50. The lowest BCUT2D eigenvalue weighted by molar-refractivity contribution is 0.420. The van der Waals surface area contributed by atoms with E-state index in [2.05, 4.69) is 4.90 Å². The predicted octanol–water partition coefficient (Wildman–Crippen LogP) is 3.44. The highest BCUT2D eigenvalue weighted by atomic mass is 16.5. The largest absolute Gasteiger partial charge is 0.488 e. The van der Waals surface area contributed by atoms with Gasteiger partial charge in [0.1, 0.15) is 0 Å². The molecule has 0 aromatic heterocycles. The van der Waals surface area contributed by atoms with Crippen molar-refractivity contribution in [1.82, 2.24) is 0 Å². The number of allylic oxidation sites excluding steroid dienone is 3. The predicted molar refractivity (Wildman–Crippen MR) is 93.1 cm³/mol. The van der Waals surface area contributed by atoms with Crippen molar-refractivity contribution < 1.29 is 14.8 Å². The zero-order chi connectivity index (χ0) is 16.2. The van der Waals surface area contributed by atoms with Gasteiger partial charge in [-0.05, 0) is 36.7 Å². The summed E-state index contributed by atoms with van der Waals surface area (Å²) in [5.74, 6) is 1.63. The fourth-order valence-electron chi connectivity index (χ4n) is 2.60. The minimum atomic E-state index is -1.46. The standard InChI is InChI=1S/C18H18BNO3/c1-2-14(19(21)22)8-7-13-20-15-9-3-5-11-17(15)23-18-12-6-4-10-16(18)20/h2-12,21-22H,13H2,1H3/b8-7-,14-2+. The van der Waals surface area contributed by atoms with Crippen LogP contribution in [-0.4, -0.2) is 23.7 Å². The summed E-state index contributed by atoms with van der Waals surface area (Å²) < 4.78 is 5.94. The molecule has 0 spiro atoms. The Kier molecular flexibility index (Phi) is 4.51. The first kappa shape index (κ1) is 15.4. The Labute approximate surface area is 136 Å². The molecular weight excluding hydrogens is 289 g/mol. The van der Waals surface area contributed by atoms with Gasteiger partial charge < -0.3 is 19.7 Å². The van der Waals surface area contributed by atoms with Crippen LogP contribution in [0.2, 0.25) is 0 Å². The van der Waals surface area contributed by atoms with Crippen LogP contribution in [0.15, 0.2) is 72.2 Å². The van der Waals surface area contributed by atoms with Crippen LogP contribution in [0.3, 0.4) is 0 Å². The van der Waals surface area contributed by atoms with Gasteiger partial charge in [-0.1, -0.05) is 42.5 Å². The molecule has 0 bridgehead atoms. The number of ether oxygens (including phenoxy) is 1. The minimum absolute atomic E-state index is 0.472. The third kappa shape index (κ3) is 3.16. The Bertz CT molecular complexity index is 710. The van der Waals surface area contributed by atoms with Gasteiger partial charge in [0.25, 0.3) is 0 Å². The van der Waals surface area contributed by atoms with E-state index >= 15 is 0 Å². The van der Waals surface area contributed by atoms with E-state index in [0.717, 1.165) is 22.9 Å². The highest BCUT2D eigenvalue weighted by Gasteiger charge is 2.22. The molecule has 0 fully saturated rings. The van der Waals surface area contributed by atoms with E-state index in [0.29, 0.717) is 12.0 Å². The first-order valence-corrected chi connectivity index (χ1v) is 7.53. The molecule has 116 valence electrons. The maximum atomic E-state index is 9.27. The summed E-state index contributed by atoms with van der Waals surface area (Å²) in [6.45, 7) is 2.37. The molecule has 1 aliphatic rings. The summed E-state index contributed by atoms with van der Waals surface area (Å²) in [5, 5.41) is 18.5. The molecular formula is C18H18BNO3. The molecule has 0 atom stereocenters. The topological polar surface area (TPSA) is 52.9 Å². The van der Waals surface area contributed by atoms with Gasteiger partial charge in [-0.15, -0.1) is 0 Å². The van der Waals surface area contributed by atoms with Gasteiger partial charge in [-0.3, -0.25) is 0 Å². The third-order valence-corrected chi connectivity index (χ3v) is 3.76. The Morgan fingerprint density at radius 1 is 1.04 bits per heavy atom. The summed E-state index contributed by atoms with van der Waals surface area (Å²) in [6.07, 6.45) is 5.32. The molecule has 4 nitrogen and oxygen atoms in total. The zero-order valence-corrected chi connectivity index (χ0v) is 12.9. The smallest absolute Gasteiger partial charge is 0.453 e. The second kappa shape index (κ2) is 6.73. The average molecular weight is 307 g/mol. The van der Waals surface area contributed by atoms with Crippen molar-refractivity contribution in [3.05, 3.63) is 72.2 Å². The Morgan fingerprint density at radius 2 is 1.61 bits per heavy atom. The zero-order valence-electron chi connectivity index (χ0n) is 12.9. The minimum Gasteiger partial charge on any atom is -0.453 e. The maximum Gasteiger partial charge on any atom is 0.488 e. The normalized spacial score (nSPS) is 13.5. The molecule has 0 unspecified atom stereocenters. The van der Waals surface area contributed by atoms with Gasteiger partial charge in [0.15, 0.2) is 11.5 Å². The maximum absolute atomic E-state index is 9.27. The molecule has 1 aliphatic heterocycles. The molecule has 2 aromatic carbocycles. The lowest BCUT2D eigenvalue weighted by Crippen LogP contribution is -2.21. The van der Waals surface area contributed by atoms with Crippen LogP contribution in [0, 0.1) is 0 Å². The van der Waals surface area contributed by atoms with Crippen LogP contribution in [0.4, 0.5) is 11.4 Å². The third-order valence-electron chi connectivity index (χ3n) is 3.76. The Balaban J connectivity index is 1.91. The van der Waals surface area contributed by atoms with Crippen molar-refractivity contribution in [2.75, 3.05) is 11.4 Å². The first-order chi connectivity index (χ1) is 11.2. The second-order valence-corrected chi connectivity index (χ2v) is 5.21. The highest BCUT2D eigenvalue weighted by molar-refractivity contribution is 6.51. The van der Waals surface area contributed by atoms with E-state index in [9.17, 15) is 10.0 Å². The van der Waals surface area contributed by atoms with E-state index in [-0.39, 0.29) is 0 Å². The molecule has 1 heterocycles. The van der Waals surface area contributed by atoms with Crippen LogP contribution in [0.25, 0.3) is 0 Å². The number of hydrogen-bond acceptors (Lipinski definition) is 4. The van der Waals surface area contributed by atoms with Crippen LogP contribution < -0.4 is 9.64 Å². The quantitative estimate of drug-likeness (QED) is 0.671. The van der Waals surface area contributed by atoms with E-state index in [1.807, 2.05) is 54.6 Å². The fourth-order valence-corrected chi connectivity index (χ4v) is 2.60. The summed E-state index contributed by atoms with van der Waals surface area (Å²) in [4.78, 5) is 2.14. The molecule has 3 rings (SSSR count). The van der Waals surface area contributed by atoms with Crippen molar-refractivity contribution in [1.29, 1.82) is 0 Å². The molecule has 0 amide bonds. The lowest BCUT2D eigenvalue weighted by Gasteiger charge is -2.31. The van der Waals surface area contributed by atoms with Crippen LogP contribution in [-0.2, 0) is 0 Å². The fraction of sp³-hybridized carbons (Fsp3) is 0.111. The number of anilines is 2. The van der Waals surface area contributed by atoms with Gasteiger partial charge in [-0.2, -0.15) is 0 Å². The number of para-hydroxylation sites is 4. The molecule has 0 saturated heterocycles. The Morgan fingerprint density at radius 3 is 2.13 bits per heavy atom. The lowest BCUT2D eigenvalue weighted by atomic mass is 9.79. The van der Waals surface area contributed by atoms with Gasteiger partial charge in [0.2, 0.25) is 0 Å². The number of rotatable bonds is 4. The molecule has 0 saturated carbocycles. The number of nitrogens with zero attached hydrogens (tertiary/aromatic N) is 1. The van der Waals surface area contributed by atoms with Gasteiger partial charge in [0.05, 0.1) is 11.4 Å². The molecule has 0 aliphatic carbocycles. The van der Waals surface area contributed by atoms with E-state index in [4.69, 9.17) is 4.74 Å². The van der Waals surface area contributed by atoms with Crippen LogP contribution in [0.5, 0.6) is 11.5 Å². The number of fused-ring (bicyclic) bond motifs is 2. The summed E-state index contributed by atoms with van der Waals surface area (Å²) in [6, 6.07) is 15.7. The van der Waals surface area contributed by atoms with Gasteiger partial charge in [-0.25, -0.2) is 0 Å². The molecule has 2 N–H and O–H groups in total. The second-order valence-electron chi connectivity index (χ2n) is 5.21. The van der Waals surface area contributed by atoms with Gasteiger partial charge >= 0.3 is 7.12 Å². The first-order valence-electron chi connectivity index (χ1n) is 7.53. The summed E-state index contributed by atoms with van der Waals surface area (Å²) >= 11 is 0. The average Bonchev–Trinajstić information content (AvgIpc) is 2.57. The van der Waals surface area contributed by atoms with Crippen molar-refractivity contribution in [3.63, 3.8) is 0 Å². The number of hydrogen-bond donors (Lipinski definition) is 2. The van der Waals surface area contributed by atoms with E-state index in [1.165, 1.54) is 0 Å². The molecule has 5 heteroatoms. The van der Waals surface area contributed by atoms with Crippen LogP contribution >= 0.6 is 0 Å². The van der Waals surface area contributed by atoms with Gasteiger partial charge in [0, 0.05) is 6.54 Å². The monoisotopic (exact) mass is 307 g/mol. The van der Waals surface area contributed by atoms with Crippen molar-refractivity contribution >= 4 is 18.5 Å². The van der Waals surface area contributed by atoms with Crippen molar-refractivity contribution in [2.45, 2.75) is 6.92 Å². The van der Waals surface area contributed by atoms with Crippen molar-refractivity contribution in [3.8, 4) is 11.5 Å². The number of benzene rings is 2. The summed E-state index contributed by atoms with van der Waals surface area (Å²) in [5.41, 5.74) is 2.45. The van der Waals surface area contributed by atoms with Crippen LogP contribution in [0.1, 0.15) is 6.92 Å². The molecule has 2 aromatic rings. The molecule has 23 heavy (non-hydrogen) atoms. The summed E-state index contributed by atoms with van der Waals surface area (Å²) in [7, 11) is -1.46. The highest BCUT2D eigenvalue weighted by Crippen LogP contribution is 2.45. The van der Waals surface area contributed by atoms with Crippen molar-refractivity contribution in [2.24, 2.45) is 0 Å². The van der Waals surface area contributed by atoms with E-state index in [1.54, 1.807) is 19.1 Å². The SMILES string of the molecule is C/C=C(\C=C/CN1c2ccccc2Oc2ccccc21)B(O)O. The van der Waals surface area contributed by atoms with E-state index < -0.39 is 7.12 Å². The molecule has 0 radical (unpaired) electrons.